The summed E-state index contributed by atoms with van der Waals surface area (Å²) in [5, 5.41) is 7.72. The highest BCUT2D eigenvalue weighted by molar-refractivity contribution is 5.46. The van der Waals surface area contributed by atoms with Crippen LogP contribution in [0.4, 0.5) is 10.1 Å². The number of hydrogen-bond acceptors (Lipinski definition) is 2. The molecule has 3 nitrogen and oxygen atoms in total. The Kier molecular flexibility index (Phi) is 3.88. The zero-order valence-corrected chi connectivity index (χ0v) is 11.9. The van der Waals surface area contributed by atoms with Crippen molar-refractivity contribution < 1.29 is 4.39 Å². The number of aromatic nitrogens is 2. The first-order valence-corrected chi connectivity index (χ1v) is 6.49. The number of nitrogens with zero attached hydrogens (tertiary/aromatic N) is 2. The van der Waals surface area contributed by atoms with Gasteiger partial charge in [-0.1, -0.05) is 13.8 Å². The van der Waals surface area contributed by atoms with Crippen molar-refractivity contribution in [1.82, 2.24) is 9.78 Å². The van der Waals surface area contributed by atoms with E-state index in [9.17, 15) is 4.39 Å². The Balaban J connectivity index is 2.14. The molecule has 0 amide bonds. The van der Waals surface area contributed by atoms with Crippen LogP contribution >= 0.6 is 0 Å². The smallest absolute Gasteiger partial charge is 0.125 e. The van der Waals surface area contributed by atoms with Crippen molar-refractivity contribution in [3.05, 3.63) is 47.0 Å². The highest BCUT2D eigenvalue weighted by Gasteiger charge is 2.11. The Morgan fingerprint density at radius 2 is 2.05 bits per heavy atom. The summed E-state index contributed by atoms with van der Waals surface area (Å²) in [6.07, 6.45) is 2.01. The van der Waals surface area contributed by atoms with E-state index in [0.717, 1.165) is 22.5 Å². The average molecular weight is 261 g/mol. The summed E-state index contributed by atoms with van der Waals surface area (Å²) >= 11 is 0. The molecule has 0 spiro atoms. The summed E-state index contributed by atoms with van der Waals surface area (Å²) in [4.78, 5) is 0. The third kappa shape index (κ3) is 3.34. The minimum atomic E-state index is -0.210. The third-order valence-corrected chi connectivity index (χ3v) is 3.01. The molecule has 0 fully saturated rings. The monoisotopic (exact) mass is 261 g/mol. The average Bonchev–Trinajstić information content (AvgIpc) is 2.67. The lowest BCUT2D eigenvalue weighted by molar-refractivity contribution is 0.627. The van der Waals surface area contributed by atoms with Crippen molar-refractivity contribution in [2.24, 2.45) is 7.05 Å². The molecule has 4 heteroatoms. The molecule has 0 aliphatic rings. The molecule has 1 aromatic heterocycles. The number of hydrogen-bond donors (Lipinski definition) is 1. The van der Waals surface area contributed by atoms with Gasteiger partial charge in [0.2, 0.25) is 0 Å². The van der Waals surface area contributed by atoms with Crippen LogP contribution in [-0.4, -0.2) is 9.78 Å². The van der Waals surface area contributed by atoms with Crippen LogP contribution in [0.2, 0.25) is 0 Å². The highest BCUT2D eigenvalue weighted by atomic mass is 19.1. The molecule has 0 atom stereocenters. The standard InChI is InChI=1S/C15H20FN3/c1-10(2)15-12(9-19(4)18-15)8-17-14-6-11(3)5-13(16)7-14/h5-7,9-10,17H,8H2,1-4H3. The Morgan fingerprint density at radius 1 is 1.32 bits per heavy atom. The fraction of sp³-hybridized carbons (Fsp3) is 0.400. The van der Waals surface area contributed by atoms with E-state index in [1.54, 1.807) is 0 Å². The number of nitrogens with one attached hydrogen (secondary N) is 1. The normalized spacial score (nSPS) is 11.1. The third-order valence-electron chi connectivity index (χ3n) is 3.01. The Morgan fingerprint density at radius 3 is 2.68 bits per heavy atom. The minimum absolute atomic E-state index is 0.210. The van der Waals surface area contributed by atoms with Crippen LogP contribution in [0.15, 0.2) is 24.4 Å². The predicted molar refractivity (Wildman–Crippen MR) is 75.8 cm³/mol. The molecule has 0 saturated carbocycles. The van der Waals surface area contributed by atoms with Gasteiger partial charge in [-0.25, -0.2) is 4.39 Å². The number of rotatable bonds is 4. The first-order chi connectivity index (χ1) is 8.95. The second-order valence-corrected chi connectivity index (χ2v) is 5.24. The second kappa shape index (κ2) is 5.43. The summed E-state index contributed by atoms with van der Waals surface area (Å²) in [6, 6.07) is 4.97. The lowest BCUT2D eigenvalue weighted by atomic mass is 10.1. The quantitative estimate of drug-likeness (QED) is 0.911. The molecule has 19 heavy (non-hydrogen) atoms. The maximum Gasteiger partial charge on any atom is 0.125 e. The summed E-state index contributed by atoms with van der Waals surface area (Å²) in [6.45, 7) is 6.79. The van der Waals surface area contributed by atoms with Gasteiger partial charge in [-0.15, -0.1) is 0 Å². The molecule has 0 aliphatic heterocycles. The van der Waals surface area contributed by atoms with Gasteiger partial charge in [0, 0.05) is 31.0 Å². The van der Waals surface area contributed by atoms with Gasteiger partial charge in [0.1, 0.15) is 5.82 Å². The van der Waals surface area contributed by atoms with E-state index in [4.69, 9.17) is 0 Å². The van der Waals surface area contributed by atoms with Crippen LogP contribution in [0.1, 0.15) is 36.6 Å². The molecule has 1 aromatic carbocycles. The van der Waals surface area contributed by atoms with Gasteiger partial charge >= 0.3 is 0 Å². The van der Waals surface area contributed by atoms with Crippen molar-refractivity contribution in [2.45, 2.75) is 33.2 Å². The number of aryl methyl sites for hydroxylation is 2. The van der Waals surface area contributed by atoms with E-state index in [0.29, 0.717) is 12.5 Å². The van der Waals surface area contributed by atoms with Gasteiger partial charge in [-0.05, 0) is 36.6 Å². The van der Waals surface area contributed by atoms with E-state index in [-0.39, 0.29) is 5.82 Å². The van der Waals surface area contributed by atoms with E-state index in [1.165, 1.54) is 12.1 Å². The van der Waals surface area contributed by atoms with Crippen molar-refractivity contribution >= 4 is 5.69 Å². The lowest BCUT2D eigenvalue weighted by Crippen LogP contribution is -2.03. The molecular formula is C15H20FN3. The van der Waals surface area contributed by atoms with Crippen LogP contribution in [0.5, 0.6) is 0 Å². The highest BCUT2D eigenvalue weighted by Crippen LogP contribution is 2.19. The topological polar surface area (TPSA) is 29.9 Å². The SMILES string of the molecule is Cc1cc(F)cc(NCc2cn(C)nc2C(C)C)c1. The Hall–Kier alpha value is -1.84. The summed E-state index contributed by atoms with van der Waals surface area (Å²) in [7, 11) is 1.92. The summed E-state index contributed by atoms with van der Waals surface area (Å²) in [5.41, 5.74) is 3.95. The van der Waals surface area contributed by atoms with Crippen molar-refractivity contribution in [2.75, 3.05) is 5.32 Å². The number of halogens is 1. The molecule has 2 aromatic rings. The molecular weight excluding hydrogens is 241 g/mol. The van der Waals surface area contributed by atoms with Crippen LogP contribution in [0.3, 0.4) is 0 Å². The molecule has 0 bridgehead atoms. The molecule has 2 rings (SSSR count). The molecule has 0 aliphatic carbocycles. The van der Waals surface area contributed by atoms with Gasteiger partial charge in [0.05, 0.1) is 5.69 Å². The molecule has 102 valence electrons. The van der Waals surface area contributed by atoms with Gasteiger partial charge in [0.15, 0.2) is 0 Å². The van der Waals surface area contributed by atoms with Crippen LogP contribution < -0.4 is 5.32 Å². The maximum atomic E-state index is 13.3. The molecule has 0 radical (unpaired) electrons. The van der Waals surface area contributed by atoms with E-state index in [2.05, 4.69) is 24.3 Å². The summed E-state index contributed by atoms with van der Waals surface area (Å²) in [5.74, 6) is 0.171. The first-order valence-electron chi connectivity index (χ1n) is 6.49. The van der Waals surface area contributed by atoms with Crippen LogP contribution in [0, 0.1) is 12.7 Å². The van der Waals surface area contributed by atoms with Crippen molar-refractivity contribution in [1.29, 1.82) is 0 Å². The van der Waals surface area contributed by atoms with Crippen LogP contribution in [-0.2, 0) is 13.6 Å². The minimum Gasteiger partial charge on any atom is -0.381 e. The maximum absolute atomic E-state index is 13.3. The number of benzene rings is 1. The zero-order chi connectivity index (χ0) is 14.0. The van der Waals surface area contributed by atoms with Gasteiger partial charge < -0.3 is 5.32 Å². The molecule has 1 N–H and O–H groups in total. The molecule has 1 heterocycles. The molecule has 0 unspecified atom stereocenters. The fourth-order valence-electron chi connectivity index (χ4n) is 2.21. The molecule has 0 saturated heterocycles. The first kappa shape index (κ1) is 13.6. The fourth-order valence-corrected chi connectivity index (χ4v) is 2.21. The van der Waals surface area contributed by atoms with Crippen molar-refractivity contribution in [3.63, 3.8) is 0 Å². The summed E-state index contributed by atoms with van der Waals surface area (Å²) < 4.78 is 15.1. The van der Waals surface area contributed by atoms with Crippen LogP contribution in [0.25, 0.3) is 0 Å². The Bertz CT molecular complexity index is 553. The number of anilines is 1. The van der Waals surface area contributed by atoms with Gasteiger partial charge in [-0.2, -0.15) is 5.10 Å². The second-order valence-electron chi connectivity index (χ2n) is 5.24. The van der Waals surface area contributed by atoms with Crippen molar-refractivity contribution in [3.8, 4) is 0 Å². The van der Waals surface area contributed by atoms with E-state index < -0.39 is 0 Å². The lowest BCUT2D eigenvalue weighted by Gasteiger charge is -2.09. The zero-order valence-electron chi connectivity index (χ0n) is 11.9. The Labute approximate surface area is 113 Å². The van der Waals surface area contributed by atoms with E-state index >= 15 is 0 Å². The predicted octanol–water partition coefficient (Wildman–Crippen LogP) is 3.60. The largest absolute Gasteiger partial charge is 0.381 e. The van der Waals surface area contributed by atoms with Gasteiger partial charge in [-0.3, -0.25) is 4.68 Å². The van der Waals surface area contributed by atoms with E-state index in [1.807, 2.05) is 30.9 Å². The van der Waals surface area contributed by atoms with Gasteiger partial charge in [0.25, 0.3) is 0 Å².